The first-order chi connectivity index (χ1) is 9.76. The summed E-state index contributed by atoms with van der Waals surface area (Å²) in [5.41, 5.74) is -0.261. The molecule has 112 valence electrons. The van der Waals surface area contributed by atoms with Crippen molar-refractivity contribution in [3.63, 3.8) is 0 Å². The standard InChI is InChI=1S/C14H9F5O2/c15-9-4-5-11(12(16)7-9)13(20)8-2-1-3-10(6-8)21-14(17,18)19/h1-7,13,20H. The van der Waals surface area contributed by atoms with Crippen LogP contribution in [0.25, 0.3) is 0 Å². The van der Waals surface area contributed by atoms with Gasteiger partial charge in [0.2, 0.25) is 0 Å². The van der Waals surface area contributed by atoms with Crippen LogP contribution in [0.15, 0.2) is 42.5 Å². The van der Waals surface area contributed by atoms with E-state index >= 15 is 0 Å². The van der Waals surface area contributed by atoms with Gasteiger partial charge < -0.3 is 9.84 Å². The Labute approximate surface area is 116 Å². The molecule has 0 radical (unpaired) electrons. The largest absolute Gasteiger partial charge is 0.573 e. The zero-order valence-electron chi connectivity index (χ0n) is 10.4. The molecule has 21 heavy (non-hydrogen) atoms. The highest BCUT2D eigenvalue weighted by molar-refractivity contribution is 5.36. The summed E-state index contributed by atoms with van der Waals surface area (Å²) in [5, 5.41) is 9.99. The normalized spacial score (nSPS) is 13.0. The first-order valence-corrected chi connectivity index (χ1v) is 5.75. The van der Waals surface area contributed by atoms with E-state index in [4.69, 9.17) is 0 Å². The molecule has 0 saturated heterocycles. The number of ether oxygens (including phenoxy) is 1. The summed E-state index contributed by atoms with van der Waals surface area (Å²) in [5.74, 6) is -2.36. The number of hydrogen-bond donors (Lipinski definition) is 1. The molecule has 0 heterocycles. The van der Waals surface area contributed by atoms with Gasteiger partial charge in [0, 0.05) is 11.6 Å². The fourth-order valence-electron chi connectivity index (χ4n) is 1.78. The van der Waals surface area contributed by atoms with Crippen molar-refractivity contribution in [3.8, 4) is 5.75 Å². The third kappa shape index (κ3) is 3.91. The third-order valence-corrected chi connectivity index (χ3v) is 2.66. The van der Waals surface area contributed by atoms with Crippen molar-refractivity contribution in [2.75, 3.05) is 0 Å². The molecule has 0 amide bonds. The van der Waals surface area contributed by atoms with Gasteiger partial charge in [-0.1, -0.05) is 18.2 Å². The molecule has 2 nitrogen and oxygen atoms in total. The molecule has 1 unspecified atom stereocenters. The molecule has 0 saturated carbocycles. The maximum atomic E-state index is 13.5. The van der Waals surface area contributed by atoms with Crippen LogP contribution in [-0.2, 0) is 0 Å². The molecule has 1 atom stereocenters. The van der Waals surface area contributed by atoms with E-state index in [2.05, 4.69) is 4.74 Å². The number of hydrogen-bond acceptors (Lipinski definition) is 2. The van der Waals surface area contributed by atoms with E-state index in [0.29, 0.717) is 6.07 Å². The van der Waals surface area contributed by atoms with E-state index in [9.17, 15) is 27.1 Å². The maximum absolute atomic E-state index is 13.5. The first-order valence-electron chi connectivity index (χ1n) is 5.75. The van der Waals surface area contributed by atoms with Crippen molar-refractivity contribution in [1.82, 2.24) is 0 Å². The molecule has 1 N–H and O–H groups in total. The van der Waals surface area contributed by atoms with Gasteiger partial charge in [-0.2, -0.15) is 0 Å². The minimum Gasteiger partial charge on any atom is -0.406 e. The van der Waals surface area contributed by atoms with Crippen LogP contribution in [0.3, 0.4) is 0 Å². The molecule has 2 rings (SSSR count). The van der Waals surface area contributed by atoms with Crippen molar-refractivity contribution in [2.45, 2.75) is 12.5 Å². The van der Waals surface area contributed by atoms with Crippen LogP contribution in [0, 0.1) is 11.6 Å². The van der Waals surface area contributed by atoms with Gasteiger partial charge in [-0.3, -0.25) is 0 Å². The zero-order valence-corrected chi connectivity index (χ0v) is 10.4. The zero-order chi connectivity index (χ0) is 15.6. The average molecular weight is 304 g/mol. The van der Waals surface area contributed by atoms with Crippen LogP contribution in [0.4, 0.5) is 22.0 Å². The Balaban J connectivity index is 2.31. The molecule has 0 aliphatic carbocycles. The van der Waals surface area contributed by atoms with Gasteiger partial charge in [0.05, 0.1) is 0 Å². The van der Waals surface area contributed by atoms with Crippen LogP contribution in [-0.4, -0.2) is 11.5 Å². The molecule has 0 aliphatic rings. The average Bonchev–Trinajstić information content (AvgIpc) is 2.36. The van der Waals surface area contributed by atoms with Gasteiger partial charge in [0.1, 0.15) is 23.5 Å². The van der Waals surface area contributed by atoms with E-state index in [1.807, 2.05) is 0 Å². The fraction of sp³-hybridized carbons (Fsp3) is 0.143. The highest BCUT2D eigenvalue weighted by Gasteiger charge is 2.31. The number of rotatable bonds is 3. The van der Waals surface area contributed by atoms with Gasteiger partial charge >= 0.3 is 6.36 Å². The fourth-order valence-corrected chi connectivity index (χ4v) is 1.78. The molecule has 2 aromatic rings. The predicted molar refractivity (Wildman–Crippen MR) is 63.5 cm³/mol. The van der Waals surface area contributed by atoms with E-state index in [-0.39, 0.29) is 11.1 Å². The summed E-state index contributed by atoms with van der Waals surface area (Å²) in [6.45, 7) is 0. The molecule has 0 fully saturated rings. The minimum atomic E-state index is -4.87. The second-order valence-corrected chi connectivity index (χ2v) is 4.19. The summed E-state index contributed by atoms with van der Waals surface area (Å²) >= 11 is 0. The van der Waals surface area contributed by atoms with Gasteiger partial charge in [-0.05, 0) is 23.8 Å². The summed E-state index contributed by atoms with van der Waals surface area (Å²) in [6.07, 6.45) is -6.41. The summed E-state index contributed by atoms with van der Waals surface area (Å²) in [4.78, 5) is 0. The number of aliphatic hydroxyl groups excluding tert-OH is 1. The van der Waals surface area contributed by atoms with Crippen LogP contribution < -0.4 is 4.74 Å². The molecular weight excluding hydrogens is 295 g/mol. The Bertz CT molecular complexity index is 640. The lowest BCUT2D eigenvalue weighted by Crippen LogP contribution is -2.17. The van der Waals surface area contributed by atoms with Gasteiger partial charge in [0.15, 0.2) is 0 Å². The van der Waals surface area contributed by atoms with Crippen molar-refractivity contribution in [2.24, 2.45) is 0 Å². The molecule has 0 aromatic heterocycles. The molecule has 0 bridgehead atoms. The van der Waals surface area contributed by atoms with Crippen molar-refractivity contribution < 1.29 is 31.8 Å². The van der Waals surface area contributed by atoms with E-state index < -0.39 is 29.9 Å². The second-order valence-electron chi connectivity index (χ2n) is 4.19. The Kier molecular flexibility index (Phi) is 4.13. The lowest BCUT2D eigenvalue weighted by molar-refractivity contribution is -0.274. The maximum Gasteiger partial charge on any atom is 0.573 e. The quantitative estimate of drug-likeness (QED) is 0.870. The number of aliphatic hydroxyl groups is 1. The van der Waals surface area contributed by atoms with E-state index in [1.165, 1.54) is 12.1 Å². The first kappa shape index (κ1) is 15.2. The Morgan fingerprint density at radius 2 is 1.71 bits per heavy atom. The molecule has 2 aromatic carbocycles. The van der Waals surface area contributed by atoms with E-state index in [1.54, 1.807) is 0 Å². The van der Waals surface area contributed by atoms with Crippen molar-refractivity contribution in [1.29, 1.82) is 0 Å². The highest BCUT2D eigenvalue weighted by atomic mass is 19.4. The van der Waals surface area contributed by atoms with Crippen molar-refractivity contribution >= 4 is 0 Å². The molecule has 7 heteroatoms. The molecular formula is C14H9F5O2. The van der Waals surface area contributed by atoms with Gasteiger partial charge in [-0.15, -0.1) is 13.2 Å². The SMILES string of the molecule is OC(c1cccc(OC(F)(F)F)c1)c1ccc(F)cc1F. The molecule has 0 spiro atoms. The Morgan fingerprint density at radius 1 is 1.00 bits per heavy atom. The monoisotopic (exact) mass is 304 g/mol. The Morgan fingerprint density at radius 3 is 2.33 bits per heavy atom. The lowest BCUT2D eigenvalue weighted by atomic mass is 10.0. The molecule has 0 aliphatic heterocycles. The van der Waals surface area contributed by atoms with Crippen molar-refractivity contribution in [3.05, 3.63) is 65.2 Å². The summed E-state index contributed by atoms with van der Waals surface area (Å²) < 4.78 is 66.4. The van der Waals surface area contributed by atoms with Crippen LogP contribution >= 0.6 is 0 Å². The topological polar surface area (TPSA) is 29.5 Å². The predicted octanol–water partition coefficient (Wildman–Crippen LogP) is 3.95. The van der Waals surface area contributed by atoms with Gasteiger partial charge in [0.25, 0.3) is 0 Å². The smallest absolute Gasteiger partial charge is 0.406 e. The number of alkyl halides is 3. The third-order valence-electron chi connectivity index (χ3n) is 2.66. The lowest BCUT2D eigenvalue weighted by Gasteiger charge is -2.14. The van der Waals surface area contributed by atoms with Gasteiger partial charge in [-0.25, -0.2) is 8.78 Å². The highest BCUT2D eigenvalue weighted by Crippen LogP contribution is 2.29. The van der Waals surface area contributed by atoms with E-state index in [0.717, 1.165) is 24.3 Å². The summed E-state index contributed by atoms with van der Waals surface area (Å²) in [7, 11) is 0. The second kappa shape index (κ2) is 5.69. The van der Waals surface area contributed by atoms with Crippen LogP contribution in [0.1, 0.15) is 17.2 Å². The summed E-state index contributed by atoms with van der Waals surface area (Å²) in [6, 6.07) is 7.04. The minimum absolute atomic E-state index is 0.0118. The van der Waals surface area contributed by atoms with Crippen LogP contribution in [0.5, 0.6) is 5.75 Å². The van der Waals surface area contributed by atoms with Crippen LogP contribution in [0.2, 0.25) is 0 Å². The number of halogens is 5. The number of benzene rings is 2. The Hall–Kier alpha value is -2.15.